The topological polar surface area (TPSA) is 55.1 Å². The lowest BCUT2D eigenvalue weighted by Gasteiger charge is -2.28. The van der Waals surface area contributed by atoms with Crippen molar-refractivity contribution in [2.45, 2.75) is 26.4 Å². The second-order valence-electron chi connectivity index (χ2n) is 6.01. The highest BCUT2D eigenvalue weighted by Gasteiger charge is 2.20. The zero-order valence-electron chi connectivity index (χ0n) is 13.4. The van der Waals surface area contributed by atoms with Crippen molar-refractivity contribution in [2.75, 3.05) is 6.54 Å². The molecule has 1 aliphatic heterocycles. The molecule has 4 rings (SSSR count). The van der Waals surface area contributed by atoms with Crippen LogP contribution in [0.5, 0.6) is 0 Å². The van der Waals surface area contributed by atoms with Crippen LogP contribution in [0.15, 0.2) is 41.1 Å². The predicted octanol–water partition coefficient (Wildman–Crippen LogP) is 3.65. The van der Waals surface area contributed by atoms with Crippen molar-refractivity contribution in [1.82, 2.24) is 19.9 Å². The largest absolute Gasteiger partial charge is 0.461 e. The molecule has 122 valence electrons. The summed E-state index contributed by atoms with van der Waals surface area (Å²) in [6, 6.07) is 7.77. The first kappa shape index (κ1) is 15.3. The van der Waals surface area contributed by atoms with Crippen molar-refractivity contribution in [3.63, 3.8) is 0 Å². The first-order valence-electron chi connectivity index (χ1n) is 7.92. The van der Waals surface area contributed by atoms with Gasteiger partial charge in [0, 0.05) is 49.1 Å². The number of fused-ring (bicyclic) bond motifs is 1. The van der Waals surface area contributed by atoms with Crippen molar-refractivity contribution in [3.05, 3.63) is 64.4 Å². The van der Waals surface area contributed by atoms with Crippen LogP contribution in [0, 0.1) is 6.92 Å². The van der Waals surface area contributed by atoms with Gasteiger partial charge >= 0.3 is 0 Å². The highest BCUT2D eigenvalue weighted by molar-refractivity contribution is 6.30. The van der Waals surface area contributed by atoms with Crippen LogP contribution >= 0.6 is 11.6 Å². The Morgan fingerprint density at radius 1 is 1.25 bits per heavy atom. The van der Waals surface area contributed by atoms with Crippen LogP contribution in [-0.2, 0) is 19.5 Å². The molecular weight excluding hydrogens is 324 g/mol. The second-order valence-corrected chi connectivity index (χ2v) is 6.36. The summed E-state index contributed by atoms with van der Waals surface area (Å²) in [5, 5.41) is 0.588. The highest BCUT2D eigenvalue weighted by atomic mass is 35.5. The lowest BCUT2D eigenvalue weighted by atomic mass is 10.1. The third-order valence-corrected chi connectivity index (χ3v) is 4.54. The Kier molecular flexibility index (Phi) is 4.04. The predicted molar refractivity (Wildman–Crippen MR) is 91.5 cm³/mol. The van der Waals surface area contributed by atoms with Crippen LogP contribution in [-0.4, -0.2) is 26.4 Å². The minimum Gasteiger partial charge on any atom is -0.461 e. The van der Waals surface area contributed by atoms with Crippen molar-refractivity contribution in [1.29, 1.82) is 0 Å². The summed E-state index contributed by atoms with van der Waals surface area (Å²) < 4.78 is 5.38. The summed E-state index contributed by atoms with van der Waals surface area (Å²) in [6.45, 7) is 4.48. The summed E-state index contributed by atoms with van der Waals surface area (Å²) in [5.41, 5.74) is 4.25. The zero-order valence-corrected chi connectivity index (χ0v) is 14.1. The van der Waals surface area contributed by atoms with E-state index in [9.17, 15) is 0 Å². The van der Waals surface area contributed by atoms with Crippen LogP contribution in [0.1, 0.15) is 22.5 Å². The molecule has 0 saturated heterocycles. The molecule has 3 aromatic rings. The maximum atomic E-state index is 6.25. The molecule has 0 atom stereocenters. The molecule has 3 aromatic heterocycles. The van der Waals surface area contributed by atoms with Gasteiger partial charge in [-0.2, -0.15) is 0 Å². The van der Waals surface area contributed by atoms with E-state index in [1.807, 2.05) is 31.3 Å². The van der Waals surface area contributed by atoms with Crippen molar-refractivity contribution in [2.24, 2.45) is 0 Å². The Morgan fingerprint density at radius 3 is 2.96 bits per heavy atom. The lowest BCUT2D eigenvalue weighted by molar-refractivity contribution is 0.242. The van der Waals surface area contributed by atoms with E-state index >= 15 is 0 Å². The van der Waals surface area contributed by atoms with E-state index in [-0.39, 0.29) is 0 Å². The minimum absolute atomic E-state index is 0.588. The van der Waals surface area contributed by atoms with Gasteiger partial charge in [-0.1, -0.05) is 17.7 Å². The van der Waals surface area contributed by atoms with E-state index in [1.54, 1.807) is 6.26 Å². The van der Waals surface area contributed by atoms with Crippen LogP contribution < -0.4 is 0 Å². The van der Waals surface area contributed by atoms with E-state index in [4.69, 9.17) is 16.0 Å². The van der Waals surface area contributed by atoms with Gasteiger partial charge in [0.05, 0.1) is 12.0 Å². The van der Waals surface area contributed by atoms with Gasteiger partial charge in [-0.15, -0.1) is 0 Å². The summed E-state index contributed by atoms with van der Waals surface area (Å²) in [6.07, 6.45) is 4.43. The number of hydrogen-bond acceptors (Lipinski definition) is 5. The van der Waals surface area contributed by atoms with Crippen LogP contribution in [0.3, 0.4) is 0 Å². The molecular formula is C18H17ClN4O. The Bertz CT molecular complexity index is 863. The molecule has 0 saturated carbocycles. The van der Waals surface area contributed by atoms with Crippen LogP contribution in [0.2, 0.25) is 5.15 Å². The van der Waals surface area contributed by atoms with Gasteiger partial charge in [-0.3, -0.25) is 4.90 Å². The van der Waals surface area contributed by atoms with E-state index in [2.05, 4.69) is 25.9 Å². The van der Waals surface area contributed by atoms with Crippen LogP contribution in [0.25, 0.3) is 11.6 Å². The molecule has 0 radical (unpaired) electrons. The van der Waals surface area contributed by atoms with E-state index in [0.29, 0.717) is 16.7 Å². The molecule has 24 heavy (non-hydrogen) atoms. The molecule has 0 unspecified atom stereocenters. The third kappa shape index (κ3) is 3.05. The number of pyridine rings is 1. The molecule has 6 heteroatoms. The molecule has 0 amide bonds. The minimum atomic E-state index is 0.588. The summed E-state index contributed by atoms with van der Waals surface area (Å²) in [5.74, 6) is 1.36. The number of aromatic nitrogens is 3. The quantitative estimate of drug-likeness (QED) is 0.681. The summed E-state index contributed by atoms with van der Waals surface area (Å²) in [7, 11) is 0. The fourth-order valence-electron chi connectivity index (χ4n) is 2.95. The average molecular weight is 341 g/mol. The molecule has 1 aliphatic rings. The Labute approximate surface area is 145 Å². The maximum Gasteiger partial charge on any atom is 0.195 e. The first-order chi connectivity index (χ1) is 11.7. The Balaban J connectivity index is 1.52. The molecule has 0 bridgehead atoms. The summed E-state index contributed by atoms with van der Waals surface area (Å²) in [4.78, 5) is 15.8. The number of aryl methyl sites for hydroxylation is 1. The van der Waals surface area contributed by atoms with E-state index < -0.39 is 0 Å². The molecule has 4 heterocycles. The molecule has 0 aliphatic carbocycles. The van der Waals surface area contributed by atoms with Crippen molar-refractivity contribution < 1.29 is 4.42 Å². The monoisotopic (exact) mass is 340 g/mol. The van der Waals surface area contributed by atoms with Gasteiger partial charge in [0.1, 0.15) is 5.15 Å². The molecule has 5 nitrogen and oxygen atoms in total. The van der Waals surface area contributed by atoms with Crippen molar-refractivity contribution in [3.8, 4) is 11.6 Å². The van der Waals surface area contributed by atoms with Crippen molar-refractivity contribution >= 4 is 11.6 Å². The fraction of sp³-hybridized carbons (Fsp3) is 0.278. The van der Waals surface area contributed by atoms with Gasteiger partial charge in [0.15, 0.2) is 11.6 Å². The van der Waals surface area contributed by atoms with Gasteiger partial charge in [-0.25, -0.2) is 15.0 Å². The molecule has 0 fully saturated rings. The van der Waals surface area contributed by atoms with E-state index in [0.717, 1.165) is 48.6 Å². The number of halogens is 1. The Hall–Kier alpha value is -2.24. The molecule has 0 aromatic carbocycles. The molecule has 0 spiro atoms. The SMILES string of the molecule is Cc1ccc(CN2CCc3nc(-c4ccco4)ncc3C2)c(Cl)n1. The number of hydrogen-bond donors (Lipinski definition) is 0. The molecule has 0 N–H and O–H groups in total. The second kappa shape index (κ2) is 6.34. The van der Waals surface area contributed by atoms with Gasteiger partial charge in [0.2, 0.25) is 0 Å². The van der Waals surface area contributed by atoms with Crippen LogP contribution in [0.4, 0.5) is 0 Å². The van der Waals surface area contributed by atoms with Gasteiger partial charge in [-0.05, 0) is 25.1 Å². The van der Waals surface area contributed by atoms with Gasteiger partial charge < -0.3 is 4.42 Å². The Morgan fingerprint density at radius 2 is 2.17 bits per heavy atom. The summed E-state index contributed by atoms with van der Waals surface area (Å²) >= 11 is 6.25. The standard InChI is InChI=1S/C18H17ClN4O/c1-12-4-5-13(17(19)21-12)10-23-7-6-15-14(11-23)9-20-18(22-15)16-3-2-8-24-16/h2-5,8-9H,6-7,10-11H2,1H3. The average Bonchev–Trinajstić information content (AvgIpc) is 3.11. The zero-order chi connectivity index (χ0) is 16.5. The van der Waals surface area contributed by atoms with E-state index in [1.165, 1.54) is 0 Å². The normalized spacial score (nSPS) is 14.6. The smallest absolute Gasteiger partial charge is 0.195 e. The maximum absolute atomic E-state index is 6.25. The number of nitrogens with zero attached hydrogens (tertiary/aromatic N) is 4. The van der Waals surface area contributed by atoms with Gasteiger partial charge in [0.25, 0.3) is 0 Å². The lowest BCUT2D eigenvalue weighted by Crippen LogP contribution is -2.31. The number of rotatable bonds is 3. The number of furan rings is 1. The highest BCUT2D eigenvalue weighted by Crippen LogP contribution is 2.23. The first-order valence-corrected chi connectivity index (χ1v) is 8.30. The fourth-order valence-corrected chi connectivity index (χ4v) is 3.20. The third-order valence-electron chi connectivity index (χ3n) is 4.21.